The minimum Gasteiger partial charge on any atom is -0.393 e. The van der Waals surface area contributed by atoms with Crippen molar-refractivity contribution >= 4 is 0 Å². The van der Waals surface area contributed by atoms with E-state index in [0.717, 1.165) is 19.3 Å². The van der Waals surface area contributed by atoms with Crippen molar-refractivity contribution in [3.8, 4) is 0 Å². The molecule has 17 heavy (non-hydrogen) atoms. The molecule has 1 aromatic rings. The average Bonchev–Trinajstić information content (AvgIpc) is 2.35. The summed E-state index contributed by atoms with van der Waals surface area (Å²) in [5.41, 5.74) is 1.24. The Balaban J connectivity index is 2.03. The molecular weight excluding hydrogens is 208 g/mol. The third kappa shape index (κ3) is 7.17. The lowest BCUT2D eigenvalue weighted by Crippen LogP contribution is -2.10. The fraction of sp³-hybridized carbons (Fsp3) is 0.625. The second kappa shape index (κ2) is 9.23. The Bertz CT molecular complexity index is 268. The molecule has 0 spiro atoms. The SMILES string of the molecule is CCCCCCCCC(O)Cc1ccccc1. The summed E-state index contributed by atoms with van der Waals surface area (Å²) >= 11 is 0. The van der Waals surface area contributed by atoms with Crippen LogP contribution < -0.4 is 0 Å². The van der Waals surface area contributed by atoms with E-state index in [1.807, 2.05) is 18.2 Å². The zero-order chi connectivity index (χ0) is 12.3. The first-order valence-corrected chi connectivity index (χ1v) is 7.05. The van der Waals surface area contributed by atoms with Gasteiger partial charge in [-0.3, -0.25) is 0 Å². The smallest absolute Gasteiger partial charge is 0.0580 e. The van der Waals surface area contributed by atoms with E-state index >= 15 is 0 Å². The standard InChI is InChI=1S/C16H26O/c1-2-3-4-5-6-10-13-16(17)14-15-11-8-7-9-12-15/h7-9,11-12,16-17H,2-6,10,13-14H2,1H3. The van der Waals surface area contributed by atoms with Crippen molar-refractivity contribution in [3.05, 3.63) is 35.9 Å². The monoisotopic (exact) mass is 234 g/mol. The van der Waals surface area contributed by atoms with Gasteiger partial charge in [0.25, 0.3) is 0 Å². The van der Waals surface area contributed by atoms with Crippen molar-refractivity contribution in [2.24, 2.45) is 0 Å². The zero-order valence-electron chi connectivity index (χ0n) is 11.1. The molecule has 0 heterocycles. The Hall–Kier alpha value is -0.820. The first kappa shape index (κ1) is 14.2. The van der Waals surface area contributed by atoms with Gasteiger partial charge in [0.15, 0.2) is 0 Å². The van der Waals surface area contributed by atoms with Crippen LogP contribution in [0.25, 0.3) is 0 Å². The van der Waals surface area contributed by atoms with Gasteiger partial charge < -0.3 is 5.11 Å². The van der Waals surface area contributed by atoms with Gasteiger partial charge in [-0.25, -0.2) is 0 Å². The van der Waals surface area contributed by atoms with Crippen LogP contribution in [0.2, 0.25) is 0 Å². The van der Waals surface area contributed by atoms with Gasteiger partial charge in [-0.1, -0.05) is 75.8 Å². The van der Waals surface area contributed by atoms with Gasteiger partial charge in [-0.05, 0) is 18.4 Å². The molecule has 1 aromatic carbocycles. The Morgan fingerprint density at radius 3 is 2.29 bits per heavy atom. The van der Waals surface area contributed by atoms with Crippen LogP contribution in [0.3, 0.4) is 0 Å². The molecule has 0 aliphatic heterocycles. The summed E-state index contributed by atoms with van der Waals surface area (Å²) in [6.07, 6.45) is 9.35. The molecule has 0 radical (unpaired) electrons. The Morgan fingerprint density at radius 2 is 1.59 bits per heavy atom. The van der Waals surface area contributed by atoms with Crippen LogP contribution in [-0.4, -0.2) is 11.2 Å². The second-order valence-corrected chi connectivity index (χ2v) is 4.90. The fourth-order valence-corrected chi connectivity index (χ4v) is 2.15. The number of hydrogen-bond acceptors (Lipinski definition) is 1. The Labute approximate surface area is 106 Å². The van der Waals surface area contributed by atoms with Crippen molar-refractivity contribution in [2.75, 3.05) is 0 Å². The van der Waals surface area contributed by atoms with E-state index in [2.05, 4.69) is 19.1 Å². The summed E-state index contributed by atoms with van der Waals surface area (Å²) in [5.74, 6) is 0. The summed E-state index contributed by atoms with van der Waals surface area (Å²) in [6, 6.07) is 10.3. The number of aliphatic hydroxyl groups is 1. The van der Waals surface area contributed by atoms with Crippen molar-refractivity contribution in [1.29, 1.82) is 0 Å². The number of aliphatic hydroxyl groups excluding tert-OH is 1. The lowest BCUT2D eigenvalue weighted by molar-refractivity contribution is 0.161. The largest absolute Gasteiger partial charge is 0.393 e. The molecule has 1 heteroatoms. The summed E-state index contributed by atoms with van der Waals surface area (Å²) in [6.45, 7) is 2.24. The van der Waals surface area contributed by atoms with Crippen molar-refractivity contribution in [3.63, 3.8) is 0 Å². The molecule has 1 atom stereocenters. The number of unbranched alkanes of at least 4 members (excludes halogenated alkanes) is 5. The molecule has 0 aliphatic rings. The highest BCUT2D eigenvalue weighted by Gasteiger charge is 2.04. The second-order valence-electron chi connectivity index (χ2n) is 4.90. The lowest BCUT2D eigenvalue weighted by Gasteiger charge is -2.10. The van der Waals surface area contributed by atoms with E-state index in [9.17, 15) is 5.11 Å². The Kier molecular flexibility index (Phi) is 7.74. The minimum absolute atomic E-state index is 0.163. The van der Waals surface area contributed by atoms with Crippen LogP contribution in [0.15, 0.2) is 30.3 Å². The van der Waals surface area contributed by atoms with Gasteiger partial charge in [0.1, 0.15) is 0 Å². The normalized spacial score (nSPS) is 12.6. The third-order valence-corrected chi connectivity index (χ3v) is 3.21. The fourth-order valence-electron chi connectivity index (χ4n) is 2.15. The third-order valence-electron chi connectivity index (χ3n) is 3.21. The van der Waals surface area contributed by atoms with Gasteiger partial charge in [0, 0.05) is 0 Å². The molecule has 1 rings (SSSR count). The minimum atomic E-state index is -0.163. The summed E-state index contributed by atoms with van der Waals surface area (Å²) in [5, 5.41) is 9.91. The molecule has 0 aromatic heterocycles. The molecule has 0 saturated carbocycles. The lowest BCUT2D eigenvalue weighted by atomic mass is 10.0. The van der Waals surface area contributed by atoms with Crippen LogP contribution >= 0.6 is 0 Å². The summed E-state index contributed by atoms with van der Waals surface area (Å²) < 4.78 is 0. The maximum absolute atomic E-state index is 9.91. The Morgan fingerprint density at radius 1 is 0.941 bits per heavy atom. The van der Waals surface area contributed by atoms with Crippen LogP contribution in [-0.2, 0) is 6.42 Å². The van der Waals surface area contributed by atoms with E-state index in [1.165, 1.54) is 37.7 Å². The predicted octanol–water partition coefficient (Wildman–Crippen LogP) is 4.34. The van der Waals surface area contributed by atoms with Crippen LogP contribution in [0.5, 0.6) is 0 Å². The molecule has 1 N–H and O–H groups in total. The molecule has 1 nitrogen and oxygen atoms in total. The number of benzene rings is 1. The zero-order valence-corrected chi connectivity index (χ0v) is 11.1. The highest BCUT2D eigenvalue weighted by molar-refractivity contribution is 5.15. The van der Waals surface area contributed by atoms with Gasteiger partial charge in [0.2, 0.25) is 0 Å². The van der Waals surface area contributed by atoms with Crippen molar-refractivity contribution in [1.82, 2.24) is 0 Å². The maximum atomic E-state index is 9.91. The quantitative estimate of drug-likeness (QED) is 0.630. The molecule has 0 saturated heterocycles. The van der Waals surface area contributed by atoms with Gasteiger partial charge in [-0.2, -0.15) is 0 Å². The number of hydrogen-bond donors (Lipinski definition) is 1. The highest BCUT2D eigenvalue weighted by Crippen LogP contribution is 2.11. The van der Waals surface area contributed by atoms with Crippen molar-refractivity contribution in [2.45, 2.75) is 64.4 Å². The average molecular weight is 234 g/mol. The first-order chi connectivity index (χ1) is 8.33. The van der Waals surface area contributed by atoms with E-state index in [4.69, 9.17) is 0 Å². The predicted molar refractivity (Wildman–Crippen MR) is 74.1 cm³/mol. The maximum Gasteiger partial charge on any atom is 0.0580 e. The number of rotatable bonds is 9. The van der Waals surface area contributed by atoms with Crippen LogP contribution in [0.1, 0.15) is 57.4 Å². The molecular formula is C16H26O. The van der Waals surface area contributed by atoms with Crippen LogP contribution in [0, 0.1) is 0 Å². The summed E-state index contributed by atoms with van der Waals surface area (Å²) in [7, 11) is 0. The van der Waals surface area contributed by atoms with E-state index in [1.54, 1.807) is 0 Å². The van der Waals surface area contributed by atoms with Gasteiger partial charge in [-0.15, -0.1) is 0 Å². The summed E-state index contributed by atoms with van der Waals surface area (Å²) in [4.78, 5) is 0. The molecule has 0 bridgehead atoms. The topological polar surface area (TPSA) is 20.2 Å². The highest BCUT2D eigenvalue weighted by atomic mass is 16.3. The van der Waals surface area contributed by atoms with E-state index < -0.39 is 0 Å². The van der Waals surface area contributed by atoms with E-state index in [-0.39, 0.29) is 6.10 Å². The van der Waals surface area contributed by atoms with E-state index in [0.29, 0.717) is 0 Å². The first-order valence-electron chi connectivity index (χ1n) is 7.05. The molecule has 0 amide bonds. The van der Waals surface area contributed by atoms with Crippen molar-refractivity contribution < 1.29 is 5.11 Å². The molecule has 96 valence electrons. The molecule has 1 unspecified atom stereocenters. The molecule has 0 fully saturated rings. The van der Waals surface area contributed by atoms with Gasteiger partial charge >= 0.3 is 0 Å². The van der Waals surface area contributed by atoms with Gasteiger partial charge in [0.05, 0.1) is 6.10 Å². The molecule has 0 aliphatic carbocycles. The van der Waals surface area contributed by atoms with Crippen LogP contribution in [0.4, 0.5) is 0 Å².